The molecule has 0 saturated heterocycles. The fraction of sp³-hybridized carbons (Fsp3) is 0.933. The molecule has 0 unspecified atom stereocenters. The average Bonchev–Trinajstić information content (AvgIpc) is 2.30. The van der Waals surface area contributed by atoms with Gasteiger partial charge in [-0.05, 0) is 31.2 Å². The molecule has 0 aromatic heterocycles. The second-order valence-electron chi connectivity index (χ2n) is 5.86. The summed E-state index contributed by atoms with van der Waals surface area (Å²) >= 11 is 0. The van der Waals surface area contributed by atoms with Gasteiger partial charge in [0.15, 0.2) is 0 Å². The second-order valence-corrected chi connectivity index (χ2v) is 5.86. The highest BCUT2D eigenvalue weighted by Gasteiger charge is 2.23. The van der Waals surface area contributed by atoms with Crippen molar-refractivity contribution in [3.63, 3.8) is 0 Å². The molecule has 0 bridgehead atoms. The lowest BCUT2D eigenvalue weighted by Crippen LogP contribution is -2.43. The summed E-state index contributed by atoms with van der Waals surface area (Å²) in [4.78, 5) is 11.7. The maximum Gasteiger partial charge on any atom is 0.323 e. The largest absolute Gasteiger partial charge is 0.468 e. The summed E-state index contributed by atoms with van der Waals surface area (Å²) in [7, 11) is 1.47. The first-order valence-electron chi connectivity index (χ1n) is 7.46. The molecule has 0 spiro atoms. The quantitative estimate of drug-likeness (QED) is 0.767. The van der Waals surface area contributed by atoms with Crippen LogP contribution < -0.4 is 5.32 Å². The molecule has 0 amide bonds. The van der Waals surface area contributed by atoms with Crippen molar-refractivity contribution in [3.05, 3.63) is 0 Å². The van der Waals surface area contributed by atoms with Crippen molar-refractivity contribution in [1.82, 2.24) is 5.32 Å². The molecule has 106 valence electrons. The van der Waals surface area contributed by atoms with Crippen LogP contribution in [0, 0.1) is 11.8 Å². The number of carbonyl (C=O) groups excluding carboxylic acids is 1. The minimum atomic E-state index is -0.152. The van der Waals surface area contributed by atoms with Crippen LogP contribution in [0.2, 0.25) is 0 Å². The van der Waals surface area contributed by atoms with E-state index in [-0.39, 0.29) is 17.9 Å². The normalized spacial score (nSPS) is 20.2. The molecular weight excluding hydrogens is 226 g/mol. The summed E-state index contributed by atoms with van der Waals surface area (Å²) in [5, 5.41) is 3.41. The predicted octanol–water partition coefficient (Wildman–Crippen LogP) is 3.13. The highest BCUT2D eigenvalue weighted by atomic mass is 16.5. The summed E-state index contributed by atoms with van der Waals surface area (Å²) in [6, 6.07) is -0.152. The van der Waals surface area contributed by atoms with Crippen molar-refractivity contribution in [2.24, 2.45) is 11.8 Å². The molecule has 0 heterocycles. The molecule has 1 rings (SSSR count). The highest BCUT2D eigenvalue weighted by molar-refractivity contribution is 5.75. The number of nitrogens with one attached hydrogen (secondary N) is 1. The van der Waals surface area contributed by atoms with E-state index >= 15 is 0 Å². The van der Waals surface area contributed by atoms with E-state index in [0.717, 1.165) is 12.5 Å². The van der Waals surface area contributed by atoms with E-state index in [1.165, 1.54) is 52.1 Å². The smallest absolute Gasteiger partial charge is 0.323 e. The Kier molecular flexibility index (Phi) is 7.33. The van der Waals surface area contributed by atoms with Gasteiger partial charge in [0.1, 0.15) is 6.04 Å². The van der Waals surface area contributed by atoms with Crippen LogP contribution in [0.3, 0.4) is 0 Å². The molecule has 1 aliphatic rings. The van der Waals surface area contributed by atoms with Crippen LogP contribution in [0.1, 0.15) is 58.8 Å². The van der Waals surface area contributed by atoms with Crippen LogP contribution in [-0.2, 0) is 9.53 Å². The maximum atomic E-state index is 11.7. The molecule has 1 aliphatic carbocycles. The van der Waals surface area contributed by atoms with Gasteiger partial charge in [-0.15, -0.1) is 0 Å². The lowest BCUT2D eigenvalue weighted by Gasteiger charge is -2.25. The summed E-state index contributed by atoms with van der Waals surface area (Å²) in [5.41, 5.74) is 0. The number of hydrogen-bond donors (Lipinski definition) is 1. The molecule has 1 fully saturated rings. The Morgan fingerprint density at radius 1 is 1.17 bits per heavy atom. The summed E-state index contributed by atoms with van der Waals surface area (Å²) in [5.74, 6) is 0.887. The molecule has 3 nitrogen and oxygen atoms in total. The van der Waals surface area contributed by atoms with Gasteiger partial charge in [0.25, 0.3) is 0 Å². The Morgan fingerprint density at radius 2 is 1.72 bits per heavy atom. The van der Waals surface area contributed by atoms with Crippen molar-refractivity contribution in [1.29, 1.82) is 0 Å². The van der Waals surface area contributed by atoms with Crippen LogP contribution >= 0.6 is 0 Å². The second kappa shape index (κ2) is 8.52. The van der Waals surface area contributed by atoms with Crippen LogP contribution in [0.15, 0.2) is 0 Å². The Labute approximate surface area is 112 Å². The summed E-state index contributed by atoms with van der Waals surface area (Å²) in [6.45, 7) is 5.08. The average molecular weight is 255 g/mol. The van der Waals surface area contributed by atoms with Crippen molar-refractivity contribution < 1.29 is 9.53 Å². The summed E-state index contributed by atoms with van der Waals surface area (Å²) in [6.07, 6.45) is 9.45. The van der Waals surface area contributed by atoms with Gasteiger partial charge in [-0.2, -0.15) is 0 Å². The zero-order chi connectivity index (χ0) is 13.4. The molecular formula is C15H29NO2. The monoisotopic (exact) mass is 255 g/mol. The Balaban J connectivity index is 2.37. The van der Waals surface area contributed by atoms with Crippen molar-refractivity contribution in [2.45, 2.75) is 64.8 Å². The van der Waals surface area contributed by atoms with Gasteiger partial charge < -0.3 is 10.1 Å². The Bertz CT molecular complexity index is 233. The van der Waals surface area contributed by atoms with Crippen LogP contribution in [0.25, 0.3) is 0 Å². The van der Waals surface area contributed by atoms with E-state index in [0.29, 0.717) is 0 Å². The van der Waals surface area contributed by atoms with E-state index in [1.807, 2.05) is 0 Å². The number of esters is 1. The van der Waals surface area contributed by atoms with Crippen LogP contribution in [0.5, 0.6) is 0 Å². The van der Waals surface area contributed by atoms with Crippen LogP contribution in [0.4, 0.5) is 0 Å². The fourth-order valence-corrected chi connectivity index (χ4v) is 2.76. The van der Waals surface area contributed by atoms with E-state index in [1.54, 1.807) is 0 Å². The molecule has 1 saturated carbocycles. The third-order valence-electron chi connectivity index (χ3n) is 3.97. The lowest BCUT2D eigenvalue weighted by atomic mass is 9.90. The van der Waals surface area contributed by atoms with Crippen molar-refractivity contribution in [2.75, 3.05) is 13.7 Å². The zero-order valence-electron chi connectivity index (χ0n) is 12.2. The van der Waals surface area contributed by atoms with E-state index in [9.17, 15) is 4.79 Å². The molecule has 0 aliphatic heterocycles. The number of carbonyl (C=O) groups is 1. The Morgan fingerprint density at radius 3 is 2.22 bits per heavy atom. The van der Waals surface area contributed by atoms with Gasteiger partial charge in [0.2, 0.25) is 0 Å². The third kappa shape index (κ3) is 5.38. The zero-order valence-corrected chi connectivity index (χ0v) is 12.2. The molecule has 1 atom stereocenters. The van der Waals surface area contributed by atoms with E-state index in [4.69, 9.17) is 4.74 Å². The molecule has 1 N–H and O–H groups in total. The molecule has 0 aromatic carbocycles. The number of methoxy groups -OCH3 is 1. The highest BCUT2D eigenvalue weighted by Crippen LogP contribution is 2.22. The van der Waals surface area contributed by atoms with E-state index in [2.05, 4.69) is 19.2 Å². The standard InChI is InChI=1S/C15H29NO2/c1-12(2)14(15(17)18-3)16-11-13-9-7-5-4-6-8-10-13/h12-14,16H,4-11H2,1-3H3/t14-/m0/s1. The van der Waals surface area contributed by atoms with Crippen molar-refractivity contribution in [3.8, 4) is 0 Å². The fourth-order valence-electron chi connectivity index (χ4n) is 2.76. The minimum Gasteiger partial charge on any atom is -0.468 e. The SMILES string of the molecule is COC(=O)[C@@H](NCC1CCCCCCC1)C(C)C. The van der Waals surface area contributed by atoms with Crippen LogP contribution in [-0.4, -0.2) is 25.7 Å². The van der Waals surface area contributed by atoms with Gasteiger partial charge in [-0.25, -0.2) is 0 Å². The van der Waals surface area contributed by atoms with Gasteiger partial charge in [-0.3, -0.25) is 4.79 Å². The first-order valence-corrected chi connectivity index (χ1v) is 7.46. The Hall–Kier alpha value is -0.570. The summed E-state index contributed by atoms with van der Waals surface area (Å²) < 4.78 is 4.86. The molecule has 3 heteroatoms. The van der Waals surface area contributed by atoms with Crippen molar-refractivity contribution >= 4 is 5.97 Å². The third-order valence-corrected chi connectivity index (χ3v) is 3.97. The van der Waals surface area contributed by atoms with Gasteiger partial charge in [0, 0.05) is 0 Å². The number of ether oxygens (including phenoxy) is 1. The topological polar surface area (TPSA) is 38.3 Å². The van der Waals surface area contributed by atoms with Gasteiger partial charge in [0.05, 0.1) is 7.11 Å². The molecule has 0 radical (unpaired) electrons. The molecule has 18 heavy (non-hydrogen) atoms. The molecule has 0 aromatic rings. The van der Waals surface area contributed by atoms with E-state index < -0.39 is 0 Å². The lowest BCUT2D eigenvalue weighted by molar-refractivity contribution is -0.144. The maximum absolute atomic E-state index is 11.7. The van der Waals surface area contributed by atoms with Gasteiger partial charge in [-0.1, -0.05) is 46.0 Å². The number of hydrogen-bond acceptors (Lipinski definition) is 3. The first-order chi connectivity index (χ1) is 8.65. The van der Waals surface area contributed by atoms with Gasteiger partial charge >= 0.3 is 5.97 Å². The first kappa shape index (κ1) is 15.5. The minimum absolute atomic E-state index is 0.129. The predicted molar refractivity (Wildman–Crippen MR) is 74.5 cm³/mol. The number of rotatable bonds is 5.